The van der Waals surface area contributed by atoms with Crippen molar-refractivity contribution in [3.8, 4) is 5.69 Å². The molecule has 0 N–H and O–H groups in total. The van der Waals surface area contributed by atoms with E-state index in [1.807, 2.05) is 18.2 Å². The number of rotatable bonds is 3. The Labute approximate surface area is 201 Å². The van der Waals surface area contributed by atoms with Gasteiger partial charge in [0.2, 0.25) is 0 Å². The lowest BCUT2D eigenvalue weighted by Gasteiger charge is -2.59. The lowest BCUT2D eigenvalue weighted by molar-refractivity contribution is 0.0581. The number of carbonyl (C=O) groups is 1. The zero-order chi connectivity index (χ0) is 23.4. The van der Waals surface area contributed by atoms with E-state index in [1.54, 1.807) is 17.9 Å². The van der Waals surface area contributed by atoms with Gasteiger partial charge in [-0.15, -0.1) is 10.2 Å². The molecule has 2 aliphatic heterocycles. The molecule has 1 spiro atoms. The summed E-state index contributed by atoms with van der Waals surface area (Å²) in [5, 5.41) is 9.66. The molecule has 0 unspecified atom stereocenters. The van der Waals surface area contributed by atoms with E-state index < -0.39 is 0 Å². The summed E-state index contributed by atoms with van der Waals surface area (Å²) < 4.78 is 20.5. The van der Waals surface area contributed by atoms with Crippen LogP contribution in [0.2, 0.25) is 5.02 Å². The van der Waals surface area contributed by atoms with Crippen molar-refractivity contribution in [2.45, 2.75) is 38.8 Å². The van der Waals surface area contributed by atoms with Gasteiger partial charge in [0.1, 0.15) is 17.5 Å². The molecule has 3 aliphatic rings. The number of hydrogen-bond donors (Lipinski definition) is 0. The summed E-state index contributed by atoms with van der Waals surface area (Å²) in [7, 11) is 0. The Balaban J connectivity index is 1.24. The van der Waals surface area contributed by atoms with Crippen molar-refractivity contribution in [3.05, 3.63) is 64.6 Å². The Morgan fingerprint density at radius 3 is 2.76 bits per heavy atom. The third-order valence-electron chi connectivity index (χ3n) is 7.07. The van der Waals surface area contributed by atoms with Crippen LogP contribution in [0.25, 0.3) is 5.69 Å². The molecule has 1 amide bonds. The minimum Gasteiger partial charge on any atom is -0.450 e. The van der Waals surface area contributed by atoms with Crippen LogP contribution in [0.1, 0.15) is 42.9 Å². The van der Waals surface area contributed by atoms with E-state index in [0.717, 1.165) is 54.6 Å². The van der Waals surface area contributed by atoms with Crippen LogP contribution in [0.15, 0.2) is 36.5 Å². The third-order valence-corrected chi connectivity index (χ3v) is 7.30. The second-order valence-electron chi connectivity index (χ2n) is 9.43. The number of amides is 1. The van der Waals surface area contributed by atoms with Crippen LogP contribution in [0.3, 0.4) is 0 Å². The van der Waals surface area contributed by atoms with Gasteiger partial charge in [0, 0.05) is 29.4 Å². The first-order valence-corrected chi connectivity index (χ1v) is 11.8. The van der Waals surface area contributed by atoms with Crippen molar-refractivity contribution in [2.75, 3.05) is 24.6 Å². The van der Waals surface area contributed by atoms with Crippen LogP contribution in [-0.4, -0.2) is 50.4 Å². The Kier molecular flexibility index (Phi) is 4.98. The Morgan fingerprint density at radius 2 is 2.03 bits per heavy atom. The summed E-state index contributed by atoms with van der Waals surface area (Å²) in [6.07, 6.45) is 2.90. The highest BCUT2D eigenvalue weighted by Gasteiger charge is 2.54. The predicted octanol–water partition coefficient (Wildman–Crippen LogP) is 4.31. The van der Waals surface area contributed by atoms with Crippen LogP contribution >= 0.6 is 11.6 Å². The van der Waals surface area contributed by atoms with Gasteiger partial charge < -0.3 is 9.64 Å². The Bertz CT molecular complexity index is 1250. The molecule has 0 bridgehead atoms. The highest BCUT2D eigenvalue weighted by Crippen LogP contribution is 2.56. The van der Waals surface area contributed by atoms with E-state index in [4.69, 9.17) is 16.3 Å². The van der Waals surface area contributed by atoms with E-state index in [1.165, 1.54) is 12.3 Å². The number of nitrogens with zero attached hydrogens (tertiary/aromatic N) is 6. The summed E-state index contributed by atoms with van der Waals surface area (Å²) >= 11 is 6.29. The fraction of sp³-hybridized carbons (Fsp3) is 0.417. The lowest BCUT2D eigenvalue weighted by Crippen LogP contribution is -2.62. The molecule has 0 radical (unpaired) electrons. The first-order valence-electron chi connectivity index (χ1n) is 11.5. The average molecular weight is 483 g/mol. The number of hydrogen-bond acceptors (Lipinski definition) is 6. The van der Waals surface area contributed by atoms with Gasteiger partial charge in [-0.2, -0.15) is 0 Å². The fourth-order valence-electron chi connectivity index (χ4n) is 5.54. The predicted molar refractivity (Wildman–Crippen MR) is 123 cm³/mol. The van der Waals surface area contributed by atoms with E-state index in [-0.39, 0.29) is 23.2 Å². The number of pyridine rings is 1. The number of anilines is 1. The second kappa shape index (κ2) is 7.94. The SMILES string of the molecule is CCOC(=O)N1Cc2cc(Cl)ccc2-n2c(nnc2C2CC3(C2)CN(c2ccc(F)cn2)C3)C1. The van der Waals surface area contributed by atoms with Gasteiger partial charge in [-0.3, -0.25) is 9.47 Å². The zero-order valence-electron chi connectivity index (χ0n) is 18.7. The molecule has 0 atom stereocenters. The first-order chi connectivity index (χ1) is 16.4. The minimum atomic E-state index is -0.377. The summed E-state index contributed by atoms with van der Waals surface area (Å²) in [6, 6.07) is 8.90. The van der Waals surface area contributed by atoms with E-state index in [9.17, 15) is 9.18 Å². The highest BCUT2D eigenvalue weighted by atomic mass is 35.5. The molecule has 34 heavy (non-hydrogen) atoms. The fourth-order valence-corrected chi connectivity index (χ4v) is 5.74. The molecule has 1 saturated heterocycles. The average Bonchev–Trinajstić information content (AvgIpc) is 3.08. The molecule has 2 fully saturated rings. The number of carbonyl (C=O) groups excluding carboxylic acids is 1. The van der Waals surface area contributed by atoms with E-state index in [2.05, 4.69) is 24.6 Å². The number of fused-ring (bicyclic) bond motifs is 3. The maximum atomic E-state index is 13.2. The van der Waals surface area contributed by atoms with Crippen LogP contribution in [0, 0.1) is 11.2 Å². The van der Waals surface area contributed by atoms with Crippen molar-refractivity contribution in [1.82, 2.24) is 24.6 Å². The smallest absolute Gasteiger partial charge is 0.410 e. The molecule has 6 rings (SSSR count). The number of aromatic nitrogens is 4. The van der Waals surface area contributed by atoms with Crippen LogP contribution in [-0.2, 0) is 17.8 Å². The summed E-state index contributed by atoms with van der Waals surface area (Å²) in [6.45, 7) is 4.63. The first kappa shape index (κ1) is 21.3. The number of benzene rings is 1. The summed E-state index contributed by atoms with van der Waals surface area (Å²) in [5.74, 6) is 2.42. The normalized spacial score (nSPS) is 18.6. The molecule has 1 aliphatic carbocycles. The van der Waals surface area contributed by atoms with Crippen molar-refractivity contribution in [2.24, 2.45) is 5.41 Å². The van der Waals surface area contributed by atoms with Crippen molar-refractivity contribution in [3.63, 3.8) is 0 Å². The van der Waals surface area contributed by atoms with Crippen molar-refractivity contribution in [1.29, 1.82) is 0 Å². The van der Waals surface area contributed by atoms with E-state index >= 15 is 0 Å². The van der Waals surface area contributed by atoms with Crippen molar-refractivity contribution >= 4 is 23.5 Å². The van der Waals surface area contributed by atoms with Crippen molar-refractivity contribution < 1.29 is 13.9 Å². The zero-order valence-corrected chi connectivity index (χ0v) is 19.5. The van der Waals surface area contributed by atoms with Gasteiger partial charge in [-0.05, 0) is 55.7 Å². The van der Waals surface area contributed by atoms with Gasteiger partial charge in [0.25, 0.3) is 0 Å². The molecule has 2 aromatic heterocycles. The quantitative estimate of drug-likeness (QED) is 0.553. The highest BCUT2D eigenvalue weighted by molar-refractivity contribution is 6.30. The minimum absolute atomic E-state index is 0.234. The second-order valence-corrected chi connectivity index (χ2v) is 9.87. The molecule has 1 saturated carbocycles. The van der Waals surface area contributed by atoms with Gasteiger partial charge in [0.05, 0.1) is 31.6 Å². The van der Waals surface area contributed by atoms with Gasteiger partial charge in [-0.1, -0.05) is 11.6 Å². The Hall–Kier alpha value is -3.20. The molecular formula is C24H24ClFN6O2. The summed E-state index contributed by atoms with van der Waals surface area (Å²) in [4.78, 5) is 20.6. The molecule has 4 heterocycles. The van der Waals surface area contributed by atoms with Crippen LogP contribution in [0.4, 0.5) is 15.0 Å². The van der Waals surface area contributed by atoms with Gasteiger partial charge >= 0.3 is 6.09 Å². The maximum Gasteiger partial charge on any atom is 0.410 e. The van der Waals surface area contributed by atoms with Gasteiger partial charge in [0.15, 0.2) is 5.82 Å². The molecule has 1 aromatic carbocycles. The standard InChI is InChI=1S/C24H24ClFN6O2/c1-2-34-23(33)30-11-15-7-17(25)3-5-19(15)32-21(12-30)28-29-22(32)16-8-24(9-16)13-31(14-24)20-6-4-18(26)10-27-20/h3-7,10,16H,2,8-9,11-14H2,1H3. The maximum absolute atomic E-state index is 13.2. The van der Waals surface area contributed by atoms with Gasteiger partial charge in [-0.25, -0.2) is 14.2 Å². The summed E-state index contributed by atoms with van der Waals surface area (Å²) in [5.41, 5.74) is 2.13. The monoisotopic (exact) mass is 482 g/mol. The largest absolute Gasteiger partial charge is 0.450 e. The lowest BCUT2D eigenvalue weighted by atomic mass is 9.57. The molecule has 176 valence electrons. The Morgan fingerprint density at radius 1 is 1.21 bits per heavy atom. The topological polar surface area (TPSA) is 76.4 Å². The number of ether oxygens (including phenoxy) is 1. The number of halogens is 2. The molecule has 3 aromatic rings. The molecular weight excluding hydrogens is 459 g/mol. The van der Waals surface area contributed by atoms with E-state index in [0.29, 0.717) is 24.7 Å². The molecule has 8 nitrogen and oxygen atoms in total. The van der Waals surface area contributed by atoms with Crippen LogP contribution < -0.4 is 4.90 Å². The molecule has 10 heteroatoms. The van der Waals surface area contributed by atoms with Crippen LogP contribution in [0.5, 0.6) is 0 Å². The third kappa shape index (κ3) is 3.50.